The number of ether oxygens (including phenoxy) is 3. The van der Waals surface area contributed by atoms with Gasteiger partial charge in [0, 0.05) is 6.42 Å². The minimum absolute atomic E-state index is 0.201. The molecule has 2 aliphatic rings. The molecule has 0 spiro atoms. The van der Waals surface area contributed by atoms with E-state index in [1.165, 1.54) is 0 Å². The Balaban J connectivity index is 1.98. The normalized spacial score (nSPS) is 34.4. The van der Waals surface area contributed by atoms with E-state index in [1.807, 2.05) is 6.92 Å². The standard InChI is InChI=1S/C11H16O5/c1-3-6(2)10(12)16-9-8-7(4-5-14-8)15-11(9)13/h6-9H,3-5H2,1-2H3. The van der Waals surface area contributed by atoms with Crippen molar-refractivity contribution in [1.82, 2.24) is 0 Å². The monoisotopic (exact) mass is 228 g/mol. The summed E-state index contributed by atoms with van der Waals surface area (Å²) in [6.07, 6.45) is -0.125. The molecule has 0 aromatic carbocycles. The van der Waals surface area contributed by atoms with Crippen molar-refractivity contribution in [2.24, 2.45) is 5.92 Å². The maximum atomic E-state index is 11.6. The van der Waals surface area contributed by atoms with Gasteiger partial charge in [-0.2, -0.15) is 0 Å². The van der Waals surface area contributed by atoms with Crippen LogP contribution in [0.3, 0.4) is 0 Å². The number of fused-ring (bicyclic) bond motifs is 1. The van der Waals surface area contributed by atoms with E-state index >= 15 is 0 Å². The van der Waals surface area contributed by atoms with Crippen molar-refractivity contribution < 1.29 is 23.8 Å². The maximum Gasteiger partial charge on any atom is 0.350 e. The summed E-state index contributed by atoms with van der Waals surface area (Å²) >= 11 is 0. The Morgan fingerprint density at radius 2 is 2.38 bits per heavy atom. The van der Waals surface area contributed by atoms with E-state index in [0.717, 1.165) is 0 Å². The van der Waals surface area contributed by atoms with Crippen LogP contribution in [0.2, 0.25) is 0 Å². The van der Waals surface area contributed by atoms with E-state index < -0.39 is 18.2 Å². The lowest BCUT2D eigenvalue weighted by molar-refractivity contribution is -0.167. The van der Waals surface area contributed by atoms with Crippen molar-refractivity contribution in [3.8, 4) is 0 Å². The first kappa shape index (κ1) is 11.4. The Kier molecular flexibility index (Phi) is 3.14. The molecule has 0 amide bonds. The molecular weight excluding hydrogens is 212 g/mol. The molecule has 5 heteroatoms. The highest BCUT2D eigenvalue weighted by Crippen LogP contribution is 2.29. The van der Waals surface area contributed by atoms with Gasteiger partial charge in [-0.05, 0) is 6.42 Å². The molecule has 0 bridgehead atoms. The molecule has 5 nitrogen and oxygen atoms in total. The van der Waals surface area contributed by atoms with Gasteiger partial charge in [0.25, 0.3) is 0 Å². The topological polar surface area (TPSA) is 61.8 Å². The fraction of sp³-hybridized carbons (Fsp3) is 0.818. The first-order valence-electron chi connectivity index (χ1n) is 5.66. The van der Waals surface area contributed by atoms with Crippen LogP contribution in [0.15, 0.2) is 0 Å². The van der Waals surface area contributed by atoms with Crippen LogP contribution in [0.25, 0.3) is 0 Å². The Morgan fingerprint density at radius 3 is 3.06 bits per heavy atom. The Labute approximate surface area is 94.0 Å². The third kappa shape index (κ3) is 1.91. The second-order valence-electron chi connectivity index (χ2n) is 4.27. The summed E-state index contributed by atoms with van der Waals surface area (Å²) in [5.74, 6) is -1.04. The smallest absolute Gasteiger partial charge is 0.350 e. The molecule has 0 saturated carbocycles. The molecule has 0 radical (unpaired) electrons. The summed E-state index contributed by atoms with van der Waals surface area (Å²) in [7, 11) is 0. The van der Waals surface area contributed by atoms with E-state index in [9.17, 15) is 9.59 Å². The molecule has 4 atom stereocenters. The van der Waals surface area contributed by atoms with Gasteiger partial charge in [-0.1, -0.05) is 13.8 Å². The number of esters is 2. The molecular formula is C11H16O5. The van der Waals surface area contributed by atoms with Crippen LogP contribution in [-0.4, -0.2) is 36.9 Å². The SMILES string of the molecule is CCC(C)C(=O)OC1C(=O)OC2CCOC21. The first-order chi connectivity index (χ1) is 7.63. The second kappa shape index (κ2) is 4.41. The zero-order valence-corrected chi connectivity index (χ0v) is 9.47. The van der Waals surface area contributed by atoms with Crippen LogP contribution in [0, 0.1) is 5.92 Å². The fourth-order valence-electron chi connectivity index (χ4n) is 1.87. The average Bonchev–Trinajstić information content (AvgIpc) is 2.81. The minimum Gasteiger partial charge on any atom is -0.457 e. The minimum atomic E-state index is -0.867. The van der Waals surface area contributed by atoms with Crippen LogP contribution in [-0.2, 0) is 23.8 Å². The van der Waals surface area contributed by atoms with Gasteiger partial charge < -0.3 is 14.2 Å². The summed E-state index contributed by atoms with van der Waals surface area (Å²) in [6.45, 7) is 4.23. The molecule has 0 aromatic heterocycles. The Morgan fingerprint density at radius 1 is 1.62 bits per heavy atom. The molecule has 2 saturated heterocycles. The van der Waals surface area contributed by atoms with Gasteiger partial charge in [0.2, 0.25) is 6.10 Å². The van der Waals surface area contributed by atoms with Gasteiger partial charge in [0.1, 0.15) is 12.2 Å². The fourth-order valence-corrected chi connectivity index (χ4v) is 1.87. The van der Waals surface area contributed by atoms with Crippen LogP contribution in [0.1, 0.15) is 26.7 Å². The summed E-state index contributed by atoms with van der Waals surface area (Å²) < 4.78 is 15.6. The van der Waals surface area contributed by atoms with Crippen molar-refractivity contribution in [3.63, 3.8) is 0 Å². The van der Waals surface area contributed by atoms with Crippen molar-refractivity contribution in [2.75, 3.05) is 6.61 Å². The predicted octanol–water partition coefficient (Wildman–Crippen LogP) is 0.659. The molecule has 0 aliphatic carbocycles. The highest BCUT2D eigenvalue weighted by Gasteiger charge is 2.51. The van der Waals surface area contributed by atoms with E-state index in [4.69, 9.17) is 14.2 Å². The van der Waals surface area contributed by atoms with Crippen LogP contribution >= 0.6 is 0 Å². The van der Waals surface area contributed by atoms with Gasteiger partial charge in [-0.3, -0.25) is 4.79 Å². The van der Waals surface area contributed by atoms with Gasteiger partial charge in [-0.25, -0.2) is 4.79 Å². The highest BCUT2D eigenvalue weighted by molar-refractivity contribution is 5.82. The largest absolute Gasteiger partial charge is 0.457 e. The molecule has 90 valence electrons. The molecule has 2 rings (SSSR count). The summed E-state index contributed by atoms with van der Waals surface area (Å²) in [5.41, 5.74) is 0. The van der Waals surface area contributed by atoms with E-state index in [-0.39, 0.29) is 18.0 Å². The molecule has 4 unspecified atom stereocenters. The van der Waals surface area contributed by atoms with Crippen LogP contribution in [0.4, 0.5) is 0 Å². The van der Waals surface area contributed by atoms with Gasteiger partial charge in [0.05, 0.1) is 12.5 Å². The third-order valence-corrected chi connectivity index (χ3v) is 3.14. The Hall–Kier alpha value is -1.10. The van der Waals surface area contributed by atoms with E-state index in [2.05, 4.69) is 0 Å². The summed E-state index contributed by atoms with van der Waals surface area (Å²) in [5, 5.41) is 0. The number of carbonyl (C=O) groups is 2. The van der Waals surface area contributed by atoms with Crippen molar-refractivity contribution >= 4 is 11.9 Å². The lowest BCUT2D eigenvalue weighted by atomic mass is 10.1. The maximum absolute atomic E-state index is 11.6. The quantitative estimate of drug-likeness (QED) is 0.664. The van der Waals surface area contributed by atoms with Crippen molar-refractivity contribution in [1.29, 1.82) is 0 Å². The van der Waals surface area contributed by atoms with Crippen LogP contribution in [0.5, 0.6) is 0 Å². The lowest BCUT2D eigenvalue weighted by Gasteiger charge is -2.16. The molecule has 0 N–H and O–H groups in total. The summed E-state index contributed by atoms with van der Waals surface area (Å²) in [6, 6.07) is 0. The van der Waals surface area contributed by atoms with Crippen LogP contribution < -0.4 is 0 Å². The Bertz CT molecular complexity index is 301. The highest BCUT2D eigenvalue weighted by atomic mass is 16.7. The zero-order chi connectivity index (χ0) is 11.7. The van der Waals surface area contributed by atoms with E-state index in [0.29, 0.717) is 19.4 Å². The summed E-state index contributed by atoms with van der Waals surface area (Å²) in [4.78, 5) is 23.0. The molecule has 2 fully saturated rings. The van der Waals surface area contributed by atoms with Crippen molar-refractivity contribution in [3.05, 3.63) is 0 Å². The number of hydrogen-bond acceptors (Lipinski definition) is 5. The molecule has 2 aliphatic heterocycles. The zero-order valence-electron chi connectivity index (χ0n) is 9.47. The van der Waals surface area contributed by atoms with Gasteiger partial charge in [-0.15, -0.1) is 0 Å². The third-order valence-electron chi connectivity index (χ3n) is 3.14. The number of hydrogen-bond donors (Lipinski definition) is 0. The number of rotatable bonds is 3. The molecule has 16 heavy (non-hydrogen) atoms. The lowest BCUT2D eigenvalue weighted by Crippen LogP contribution is -2.35. The van der Waals surface area contributed by atoms with E-state index in [1.54, 1.807) is 6.92 Å². The number of carbonyl (C=O) groups excluding carboxylic acids is 2. The molecule has 2 heterocycles. The van der Waals surface area contributed by atoms with Gasteiger partial charge >= 0.3 is 11.9 Å². The molecule has 0 aromatic rings. The average molecular weight is 228 g/mol. The van der Waals surface area contributed by atoms with Gasteiger partial charge in [0.15, 0.2) is 0 Å². The second-order valence-corrected chi connectivity index (χ2v) is 4.27. The first-order valence-corrected chi connectivity index (χ1v) is 5.66. The van der Waals surface area contributed by atoms with Crippen molar-refractivity contribution in [2.45, 2.75) is 45.0 Å². The predicted molar refractivity (Wildman–Crippen MR) is 53.6 cm³/mol.